The van der Waals surface area contributed by atoms with Gasteiger partial charge in [0.1, 0.15) is 5.01 Å². The van der Waals surface area contributed by atoms with Crippen molar-refractivity contribution in [1.29, 1.82) is 0 Å². The van der Waals surface area contributed by atoms with Crippen molar-refractivity contribution >= 4 is 23.1 Å². The Morgan fingerprint density at radius 3 is 3.00 bits per heavy atom. The van der Waals surface area contributed by atoms with Gasteiger partial charge in [0.25, 0.3) is 0 Å². The van der Waals surface area contributed by atoms with E-state index in [1.807, 2.05) is 18.8 Å². The summed E-state index contributed by atoms with van der Waals surface area (Å²) in [5.41, 5.74) is 1.19. The maximum absolute atomic E-state index is 4.59. The molecule has 0 aliphatic rings. The van der Waals surface area contributed by atoms with E-state index in [2.05, 4.69) is 40.8 Å². The van der Waals surface area contributed by atoms with Crippen molar-refractivity contribution in [3.05, 3.63) is 16.1 Å². The van der Waals surface area contributed by atoms with Crippen molar-refractivity contribution in [3.63, 3.8) is 0 Å². The second-order valence-electron chi connectivity index (χ2n) is 3.98. The molecule has 0 amide bonds. The lowest BCUT2D eigenvalue weighted by Crippen LogP contribution is -2.30. The second kappa shape index (κ2) is 7.27. The molecule has 1 aromatic rings. The van der Waals surface area contributed by atoms with Crippen LogP contribution in [0.2, 0.25) is 0 Å². The van der Waals surface area contributed by atoms with E-state index in [0.717, 1.165) is 13.1 Å². The molecule has 16 heavy (non-hydrogen) atoms. The van der Waals surface area contributed by atoms with Crippen molar-refractivity contribution < 1.29 is 0 Å². The maximum atomic E-state index is 4.59. The molecule has 5 heteroatoms. The third-order valence-corrected chi connectivity index (χ3v) is 4.21. The van der Waals surface area contributed by atoms with Crippen LogP contribution in [0.1, 0.15) is 17.6 Å². The Hall–Kier alpha value is -0.100. The van der Waals surface area contributed by atoms with E-state index in [1.54, 1.807) is 11.3 Å². The average molecular weight is 259 g/mol. The van der Waals surface area contributed by atoms with Crippen LogP contribution in [0.15, 0.2) is 5.38 Å². The van der Waals surface area contributed by atoms with Gasteiger partial charge in [-0.3, -0.25) is 4.90 Å². The fraction of sp³-hybridized carbons (Fsp3) is 0.727. The molecule has 0 spiro atoms. The van der Waals surface area contributed by atoms with Crippen LogP contribution in [0.4, 0.5) is 0 Å². The first-order valence-electron chi connectivity index (χ1n) is 5.44. The first-order chi connectivity index (χ1) is 7.67. The van der Waals surface area contributed by atoms with Gasteiger partial charge in [-0.1, -0.05) is 0 Å². The van der Waals surface area contributed by atoms with Gasteiger partial charge in [0, 0.05) is 30.3 Å². The summed E-state index contributed by atoms with van der Waals surface area (Å²) in [7, 11) is 4.12. The number of nitrogens with zero attached hydrogens (tertiary/aromatic N) is 2. The van der Waals surface area contributed by atoms with E-state index in [4.69, 9.17) is 0 Å². The Labute approximate surface area is 107 Å². The summed E-state index contributed by atoms with van der Waals surface area (Å²) in [5, 5.41) is 6.46. The van der Waals surface area contributed by atoms with Gasteiger partial charge in [0.2, 0.25) is 0 Å². The van der Waals surface area contributed by atoms with Crippen molar-refractivity contribution in [2.24, 2.45) is 0 Å². The van der Waals surface area contributed by atoms with Crippen LogP contribution in [0.25, 0.3) is 0 Å². The molecule has 1 rings (SSSR count). The Kier molecular flexibility index (Phi) is 6.34. The molecule has 0 aromatic carbocycles. The Balaban J connectivity index is 2.45. The third-order valence-electron chi connectivity index (χ3n) is 2.50. The highest BCUT2D eigenvalue weighted by molar-refractivity contribution is 7.98. The Bertz CT molecular complexity index is 301. The Morgan fingerprint density at radius 2 is 2.38 bits per heavy atom. The van der Waals surface area contributed by atoms with E-state index in [1.165, 1.54) is 16.5 Å². The summed E-state index contributed by atoms with van der Waals surface area (Å²) in [6, 6.07) is 0.601. The summed E-state index contributed by atoms with van der Waals surface area (Å²) in [4.78, 5) is 6.95. The summed E-state index contributed by atoms with van der Waals surface area (Å²) < 4.78 is 0. The lowest BCUT2D eigenvalue weighted by Gasteiger charge is -2.22. The molecule has 1 atom stereocenters. The van der Waals surface area contributed by atoms with E-state index >= 15 is 0 Å². The van der Waals surface area contributed by atoms with Crippen LogP contribution in [0, 0.1) is 0 Å². The quantitative estimate of drug-likeness (QED) is 0.811. The number of rotatable bonds is 7. The molecular weight excluding hydrogens is 238 g/mol. The molecule has 3 nitrogen and oxygen atoms in total. The van der Waals surface area contributed by atoms with Crippen LogP contribution in [0.5, 0.6) is 0 Å². The second-order valence-corrected chi connectivity index (χ2v) is 5.84. The van der Waals surface area contributed by atoms with Crippen LogP contribution >= 0.6 is 23.1 Å². The van der Waals surface area contributed by atoms with Gasteiger partial charge in [-0.15, -0.1) is 11.3 Å². The molecule has 0 radical (unpaired) electrons. The van der Waals surface area contributed by atoms with Gasteiger partial charge >= 0.3 is 0 Å². The van der Waals surface area contributed by atoms with Gasteiger partial charge in [-0.05, 0) is 27.3 Å². The fourth-order valence-electron chi connectivity index (χ4n) is 1.43. The zero-order valence-corrected chi connectivity index (χ0v) is 12.1. The van der Waals surface area contributed by atoms with Crippen molar-refractivity contribution in [2.45, 2.75) is 26.1 Å². The molecule has 92 valence electrons. The number of thioether (sulfide) groups is 1. The number of nitrogens with one attached hydrogen (secondary N) is 1. The topological polar surface area (TPSA) is 28.2 Å². The van der Waals surface area contributed by atoms with Crippen molar-refractivity contribution in [2.75, 3.05) is 26.1 Å². The van der Waals surface area contributed by atoms with E-state index in [0.29, 0.717) is 6.04 Å². The monoisotopic (exact) mass is 259 g/mol. The zero-order chi connectivity index (χ0) is 12.0. The standard InChI is InChI=1S/C11H21N3S2/c1-9(7-15-4)14(3)6-10-8-16-11(13-10)5-12-2/h8-9,12H,5-7H2,1-4H3. The van der Waals surface area contributed by atoms with Crippen LogP contribution in [0.3, 0.4) is 0 Å². The third kappa shape index (κ3) is 4.41. The zero-order valence-electron chi connectivity index (χ0n) is 10.5. The van der Waals surface area contributed by atoms with Gasteiger partial charge < -0.3 is 5.32 Å². The normalized spacial score (nSPS) is 13.3. The molecule has 1 N–H and O–H groups in total. The molecule has 1 aromatic heterocycles. The van der Waals surface area contributed by atoms with Crippen LogP contribution in [-0.4, -0.2) is 42.0 Å². The first-order valence-corrected chi connectivity index (χ1v) is 7.71. The van der Waals surface area contributed by atoms with E-state index in [-0.39, 0.29) is 0 Å². The van der Waals surface area contributed by atoms with E-state index in [9.17, 15) is 0 Å². The smallest absolute Gasteiger partial charge is 0.107 e. The number of hydrogen-bond acceptors (Lipinski definition) is 5. The molecule has 0 aliphatic carbocycles. The highest BCUT2D eigenvalue weighted by atomic mass is 32.2. The molecule has 1 unspecified atom stereocenters. The SMILES string of the molecule is CNCc1nc(CN(C)C(C)CSC)cs1. The predicted molar refractivity (Wildman–Crippen MR) is 74.2 cm³/mol. The number of hydrogen-bond donors (Lipinski definition) is 1. The van der Waals surface area contributed by atoms with Crippen LogP contribution in [-0.2, 0) is 13.1 Å². The highest BCUT2D eigenvalue weighted by Gasteiger charge is 2.10. The molecule has 0 aliphatic heterocycles. The summed E-state index contributed by atoms with van der Waals surface area (Å²) >= 11 is 3.63. The van der Waals surface area contributed by atoms with Crippen LogP contribution < -0.4 is 5.32 Å². The minimum Gasteiger partial charge on any atom is -0.314 e. The largest absolute Gasteiger partial charge is 0.314 e. The molecule has 0 saturated carbocycles. The van der Waals surface area contributed by atoms with Gasteiger partial charge in [-0.2, -0.15) is 11.8 Å². The van der Waals surface area contributed by atoms with E-state index < -0.39 is 0 Å². The van der Waals surface area contributed by atoms with Gasteiger partial charge in [-0.25, -0.2) is 4.98 Å². The summed E-state index contributed by atoms with van der Waals surface area (Å²) in [5.74, 6) is 1.17. The highest BCUT2D eigenvalue weighted by Crippen LogP contribution is 2.13. The molecule has 1 heterocycles. The molecule has 0 bridgehead atoms. The Morgan fingerprint density at radius 1 is 1.62 bits per heavy atom. The first kappa shape index (κ1) is 14.0. The minimum absolute atomic E-state index is 0.601. The van der Waals surface area contributed by atoms with Crippen molar-refractivity contribution in [1.82, 2.24) is 15.2 Å². The number of aromatic nitrogens is 1. The maximum Gasteiger partial charge on any atom is 0.107 e. The summed E-state index contributed by atoms with van der Waals surface area (Å²) in [6.07, 6.45) is 2.15. The van der Waals surface area contributed by atoms with Crippen molar-refractivity contribution in [3.8, 4) is 0 Å². The van der Waals surface area contributed by atoms with Gasteiger partial charge in [0.15, 0.2) is 0 Å². The average Bonchev–Trinajstić information content (AvgIpc) is 2.66. The van der Waals surface area contributed by atoms with Gasteiger partial charge in [0.05, 0.1) is 5.69 Å². The summed E-state index contributed by atoms with van der Waals surface area (Å²) in [6.45, 7) is 4.08. The predicted octanol–water partition coefficient (Wildman–Crippen LogP) is 2.05. The fourth-order valence-corrected chi connectivity index (χ4v) is 2.97. The lowest BCUT2D eigenvalue weighted by molar-refractivity contribution is 0.267. The number of thiazole rings is 1. The molecular formula is C11H21N3S2. The lowest BCUT2D eigenvalue weighted by atomic mass is 10.3. The minimum atomic E-state index is 0.601. The molecule has 0 fully saturated rings. The molecule has 0 saturated heterocycles.